The van der Waals surface area contributed by atoms with Crippen LogP contribution < -0.4 is 4.74 Å². The highest BCUT2D eigenvalue weighted by atomic mass is 16.6. The summed E-state index contributed by atoms with van der Waals surface area (Å²) in [6, 6.07) is 0. The quantitative estimate of drug-likeness (QED) is 0.838. The zero-order valence-electron chi connectivity index (χ0n) is 9.34. The zero-order chi connectivity index (χ0) is 12.3. The SMILES string of the molecule is CCOc1oc(C2COCCO2)nc1C(=O)O. The highest BCUT2D eigenvalue weighted by molar-refractivity contribution is 5.87. The van der Waals surface area contributed by atoms with Gasteiger partial charge < -0.3 is 23.7 Å². The third-order valence-corrected chi connectivity index (χ3v) is 2.18. The Labute approximate surface area is 97.3 Å². The van der Waals surface area contributed by atoms with Crippen molar-refractivity contribution in [2.75, 3.05) is 26.4 Å². The highest BCUT2D eigenvalue weighted by Gasteiger charge is 2.27. The molecule has 2 heterocycles. The van der Waals surface area contributed by atoms with Crippen molar-refractivity contribution in [2.24, 2.45) is 0 Å². The van der Waals surface area contributed by atoms with Gasteiger partial charge in [-0.2, -0.15) is 0 Å². The van der Waals surface area contributed by atoms with E-state index in [0.717, 1.165) is 0 Å². The van der Waals surface area contributed by atoms with Gasteiger partial charge in [-0.3, -0.25) is 0 Å². The Balaban J connectivity index is 2.22. The number of nitrogens with zero attached hydrogens (tertiary/aromatic N) is 1. The molecule has 1 fully saturated rings. The van der Waals surface area contributed by atoms with Crippen LogP contribution in [0, 0.1) is 0 Å². The Kier molecular flexibility index (Phi) is 3.60. The van der Waals surface area contributed by atoms with Gasteiger partial charge in [0, 0.05) is 0 Å². The topological polar surface area (TPSA) is 91.0 Å². The summed E-state index contributed by atoms with van der Waals surface area (Å²) in [5, 5.41) is 8.93. The Morgan fingerprint density at radius 1 is 1.59 bits per heavy atom. The predicted octanol–water partition coefficient (Wildman–Crippen LogP) is 0.859. The van der Waals surface area contributed by atoms with Crippen LogP contribution in [0.5, 0.6) is 5.95 Å². The van der Waals surface area contributed by atoms with Gasteiger partial charge in [0.1, 0.15) is 0 Å². The number of aromatic nitrogens is 1. The number of rotatable bonds is 4. The van der Waals surface area contributed by atoms with Crippen LogP contribution in [0.15, 0.2) is 4.42 Å². The molecule has 0 amide bonds. The molecule has 1 N–H and O–H groups in total. The lowest BCUT2D eigenvalue weighted by Crippen LogP contribution is -2.22. The van der Waals surface area contributed by atoms with E-state index >= 15 is 0 Å². The largest absolute Gasteiger partial charge is 0.476 e. The van der Waals surface area contributed by atoms with Crippen LogP contribution in [-0.2, 0) is 9.47 Å². The lowest BCUT2D eigenvalue weighted by Gasteiger charge is -2.19. The normalized spacial score (nSPS) is 20.2. The lowest BCUT2D eigenvalue weighted by molar-refractivity contribution is -0.100. The van der Waals surface area contributed by atoms with E-state index in [2.05, 4.69) is 4.98 Å². The molecule has 7 heteroatoms. The predicted molar refractivity (Wildman–Crippen MR) is 54.1 cm³/mol. The van der Waals surface area contributed by atoms with Crippen molar-refractivity contribution >= 4 is 5.97 Å². The Hall–Kier alpha value is -1.60. The third-order valence-electron chi connectivity index (χ3n) is 2.18. The van der Waals surface area contributed by atoms with Gasteiger partial charge in [0.15, 0.2) is 6.10 Å². The minimum absolute atomic E-state index is 0.0934. The average molecular weight is 243 g/mol. The van der Waals surface area contributed by atoms with Crippen LogP contribution in [0.1, 0.15) is 29.4 Å². The van der Waals surface area contributed by atoms with Gasteiger partial charge in [0.05, 0.1) is 26.4 Å². The van der Waals surface area contributed by atoms with Crippen molar-refractivity contribution in [2.45, 2.75) is 13.0 Å². The van der Waals surface area contributed by atoms with Crippen molar-refractivity contribution in [3.05, 3.63) is 11.6 Å². The van der Waals surface area contributed by atoms with Crippen molar-refractivity contribution in [1.29, 1.82) is 0 Å². The summed E-state index contributed by atoms with van der Waals surface area (Å²) in [6.07, 6.45) is -0.476. The molecule has 7 nitrogen and oxygen atoms in total. The Bertz CT molecular complexity index is 396. The first-order chi connectivity index (χ1) is 8.22. The van der Waals surface area contributed by atoms with Gasteiger partial charge in [0.25, 0.3) is 0 Å². The van der Waals surface area contributed by atoms with Gasteiger partial charge in [-0.15, -0.1) is 0 Å². The summed E-state index contributed by atoms with van der Waals surface area (Å²) < 4.78 is 20.9. The highest BCUT2D eigenvalue weighted by Crippen LogP contribution is 2.27. The molecule has 1 aromatic rings. The van der Waals surface area contributed by atoms with Crippen molar-refractivity contribution in [3.8, 4) is 5.95 Å². The van der Waals surface area contributed by atoms with Crippen molar-refractivity contribution < 1.29 is 28.5 Å². The third kappa shape index (κ3) is 2.56. The molecule has 1 aliphatic rings. The molecule has 0 bridgehead atoms. The van der Waals surface area contributed by atoms with Crippen LogP contribution in [0.2, 0.25) is 0 Å². The molecule has 0 spiro atoms. The minimum atomic E-state index is -1.19. The van der Waals surface area contributed by atoms with Crippen molar-refractivity contribution in [3.63, 3.8) is 0 Å². The number of hydrogen-bond donors (Lipinski definition) is 1. The van der Waals surface area contributed by atoms with E-state index in [-0.39, 0.29) is 17.5 Å². The van der Waals surface area contributed by atoms with Gasteiger partial charge in [0.2, 0.25) is 11.6 Å². The molecule has 1 aromatic heterocycles. The van der Waals surface area contributed by atoms with Crippen molar-refractivity contribution in [1.82, 2.24) is 4.98 Å². The molecule has 0 aromatic carbocycles. The van der Waals surface area contributed by atoms with Gasteiger partial charge in [-0.25, -0.2) is 9.78 Å². The lowest BCUT2D eigenvalue weighted by atomic mass is 10.3. The number of carboxylic acids is 1. The van der Waals surface area contributed by atoms with E-state index in [4.69, 9.17) is 23.7 Å². The Morgan fingerprint density at radius 2 is 2.41 bits per heavy atom. The summed E-state index contributed by atoms with van der Waals surface area (Å²) in [5.74, 6) is -1.12. The van der Waals surface area contributed by atoms with Crippen LogP contribution in [0.25, 0.3) is 0 Å². The maximum Gasteiger partial charge on any atom is 0.362 e. The van der Waals surface area contributed by atoms with E-state index < -0.39 is 12.1 Å². The fourth-order valence-electron chi connectivity index (χ4n) is 1.45. The molecule has 0 saturated carbocycles. The first kappa shape index (κ1) is 11.9. The summed E-state index contributed by atoms with van der Waals surface area (Å²) >= 11 is 0. The molecule has 1 saturated heterocycles. The Morgan fingerprint density at radius 3 is 3.00 bits per heavy atom. The molecular weight excluding hydrogens is 230 g/mol. The average Bonchev–Trinajstić information content (AvgIpc) is 2.75. The standard InChI is InChI=1S/C10H13NO6/c1-2-15-10-7(9(12)13)11-8(17-10)6-5-14-3-4-16-6/h6H,2-5H2,1H3,(H,12,13). The summed E-state index contributed by atoms with van der Waals surface area (Å²) in [4.78, 5) is 14.8. The number of carbonyl (C=O) groups is 1. The van der Waals surface area contributed by atoms with Gasteiger partial charge >= 0.3 is 11.9 Å². The monoisotopic (exact) mass is 243 g/mol. The molecule has 0 radical (unpaired) electrons. The van der Waals surface area contributed by atoms with Crippen LogP contribution >= 0.6 is 0 Å². The summed E-state index contributed by atoms with van der Waals surface area (Å²) in [5.41, 5.74) is -0.240. The molecule has 17 heavy (non-hydrogen) atoms. The second-order valence-electron chi connectivity index (χ2n) is 3.36. The minimum Gasteiger partial charge on any atom is -0.476 e. The van der Waals surface area contributed by atoms with E-state index in [0.29, 0.717) is 26.4 Å². The number of aromatic carboxylic acids is 1. The number of hydrogen-bond acceptors (Lipinski definition) is 6. The maximum atomic E-state index is 10.9. The first-order valence-electron chi connectivity index (χ1n) is 5.28. The molecule has 94 valence electrons. The molecular formula is C10H13NO6. The van der Waals surface area contributed by atoms with E-state index in [1.165, 1.54) is 0 Å². The number of ether oxygens (including phenoxy) is 3. The van der Waals surface area contributed by atoms with Crippen LogP contribution in [0.3, 0.4) is 0 Å². The second kappa shape index (κ2) is 5.15. The fraction of sp³-hybridized carbons (Fsp3) is 0.600. The second-order valence-corrected chi connectivity index (χ2v) is 3.36. The smallest absolute Gasteiger partial charge is 0.362 e. The van der Waals surface area contributed by atoms with Gasteiger partial charge in [-0.1, -0.05) is 0 Å². The fourth-order valence-corrected chi connectivity index (χ4v) is 1.45. The molecule has 0 aliphatic carbocycles. The number of carboxylic acid groups (broad SMARTS) is 1. The molecule has 1 atom stereocenters. The first-order valence-corrected chi connectivity index (χ1v) is 5.28. The molecule has 2 rings (SSSR count). The van der Waals surface area contributed by atoms with E-state index in [9.17, 15) is 4.79 Å². The van der Waals surface area contributed by atoms with Crippen LogP contribution in [0.4, 0.5) is 0 Å². The molecule has 1 aliphatic heterocycles. The summed E-state index contributed by atoms with van der Waals surface area (Å²) in [7, 11) is 0. The maximum absolute atomic E-state index is 10.9. The van der Waals surface area contributed by atoms with E-state index in [1.807, 2.05) is 0 Å². The van der Waals surface area contributed by atoms with Crippen LogP contribution in [-0.4, -0.2) is 42.5 Å². The number of oxazole rings is 1. The molecule has 1 unspecified atom stereocenters. The van der Waals surface area contributed by atoms with Gasteiger partial charge in [-0.05, 0) is 6.92 Å². The zero-order valence-corrected chi connectivity index (χ0v) is 9.34. The van der Waals surface area contributed by atoms with E-state index in [1.54, 1.807) is 6.92 Å². The summed E-state index contributed by atoms with van der Waals surface area (Å²) in [6.45, 7) is 3.27.